The molecule has 4 rings (SSSR count). The Balaban J connectivity index is 1.46. The molecule has 0 atom stereocenters. The molecular weight excluding hydrogens is 390 g/mol. The van der Waals surface area contributed by atoms with Gasteiger partial charge in [0, 0.05) is 43.6 Å². The molecule has 3 aromatic rings. The van der Waals surface area contributed by atoms with E-state index < -0.39 is 0 Å². The number of nitrogens with zero attached hydrogens (tertiary/aromatic N) is 4. The molecule has 1 aliphatic rings. The smallest absolute Gasteiger partial charge is 0.263 e. The van der Waals surface area contributed by atoms with Crippen molar-refractivity contribution in [2.45, 2.75) is 38.6 Å². The number of nitrogen functional groups attached to an aromatic ring is 1. The largest absolute Gasteiger partial charge is 0.368 e. The molecule has 0 saturated carbocycles. The summed E-state index contributed by atoms with van der Waals surface area (Å²) in [5.74, 6) is 0.331. The number of aryl methyl sites for hydroxylation is 3. The molecule has 1 aromatic carbocycles. The van der Waals surface area contributed by atoms with Gasteiger partial charge in [0.05, 0.1) is 0 Å². The zero-order valence-electron chi connectivity index (χ0n) is 17.7. The number of piperidine rings is 1. The number of anilines is 1. The first-order valence-corrected chi connectivity index (χ1v) is 10.6. The van der Waals surface area contributed by atoms with E-state index in [1.807, 2.05) is 49.4 Å². The van der Waals surface area contributed by atoms with Crippen molar-refractivity contribution in [1.82, 2.24) is 19.4 Å². The number of hydrogen-bond donors (Lipinski definition) is 1. The van der Waals surface area contributed by atoms with E-state index in [4.69, 9.17) is 5.73 Å². The number of likely N-dealkylation sites (tertiary alicyclic amines) is 1. The van der Waals surface area contributed by atoms with Crippen LogP contribution in [0.15, 0.2) is 59.7 Å². The van der Waals surface area contributed by atoms with Crippen LogP contribution in [-0.2, 0) is 13.0 Å². The molecule has 2 aromatic heterocycles. The maximum absolute atomic E-state index is 13.2. The zero-order valence-corrected chi connectivity index (χ0v) is 17.7. The van der Waals surface area contributed by atoms with Gasteiger partial charge in [-0.05, 0) is 49.4 Å². The second kappa shape index (κ2) is 9.12. The minimum atomic E-state index is -0.216. The summed E-state index contributed by atoms with van der Waals surface area (Å²) in [5, 5.41) is 0. The van der Waals surface area contributed by atoms with E-state index >= 15 is 0 Å². The molecule has 7 nitrogen and oxygen atoms in total. The predicted molar refractivity (Wildman–Crippen MR) is 120 cm³/mol. The summed E-state index contributed by atoms with van der Waals surface area (Å²) in [6.07, 6.45) is 5.76. The summed E-state index contributed by atoms with van der Waals surface area (Å²) in [5.41, 5.74) is 8.56. The summed E-state index contributed by atoms with van der Waals surface area (Å²) in [7, 11) is 0. The maximum atomic E-state index is 13.2. The van der Waals surface area contributed by atoms with Crippen LogP contribution in [0.25, 0.3) is 0 Å². The normalized spacial score (nSPS) is 14.5. The van der Waals surface area contributed by atoms with Crippen LogP contribution in [0.1, 0.15) is 45.9 Å². The topological polar surface area (TPSA) is 94.1 Å². The summed E-state index contributed by atoms with van der Waals surface area (Å²) >= 11 is 0. The average molecular weight is 418 g/mol. The lowest BCUT2D eigenvalue weighted by atomic mass is 9.93. The lowest BCUT2D eigenvalue weighted by Gasteiger charge is -2.32. The molecule has 31 heavy (non-hydrogen) atoms. The number of amides is 1. The van der Waals surface area contributed by atoms with E-state index in [1.165, 1.54) is 0 Å². The van der Waals surface area contributed by atoms with Gasteiger partial charge < -0.3 is 15.2 Å². The molecule has 0 aliphatic carbocycles. The van der Waals surface area contributed by atoms with Crippen LogP contribution in [0.3, 0.4) is 0 Å². The van der Waals surface area contributed by atoms with Crippen molar-refractivity contribution in [2.24, 2.45) is 0 Å². The van der Waals surface area contributed by atoms with Gasteiger partial charge in [-0.3, -0.25) is 9.59 Å². The van der Waals surface area contributed by atoms with E-state index in [2.05, 4.69) is 9.97 Å². The quantitative estimate of drug-likeness (QED) is 0.689. The first kappa shape index (κ1) is 20.8. The minimum Gasteiger partial charge on any atom is -0.368 e. The SMILES string of the molecule is Cc1ccn(CCc2ccccc2)c(=O)c1C(=O)N1CCC(c2ccnc(N)n2)CC1. The number of carbonyl (C=O) groups excluding carboxylic acids is 1. The molecule has 1 amide bonds. The molecule has 160 valence electrons. The van der Waals surface area contributed by atoms with Crippen LogP contribution in [0.2, 0.25) is 0 Å². The van der Waals surface area contributed by atoms with E-state index in [0.29, 0.717) is 19.6 Å². The van der Waals surface area contributed by atoms with Gasteiger partial charge >= 0.3 is 0 Å². The van der Waals surface area contributed by atoms with E-state index in [-0.39, 0.29) is 28.9 Å². The third-order valence-electron chi connectivity index (χ3n) is 5.97. The first-order chi connectivity index (χ1) is 15.0. The second-order valence-corrected chi connectivity index (χ2v) is 8.01. The van der Waals surface area contributed by atoms with Crippen molar-refractivity contribution in [3.8, 4) is 0 Å². The second-order valence-electron chi connectivity index (χ2n) is 8.01. The molecular formula is C24H27N5O2. The van der Waals surface area contributed by atoms with Crippen molar-refractivity contribution in [2.75, 3.05) is 18.8 Å². The molecule has 3 heterocycles. The molecule has 0 radical (unpaired) electrons. The van der Waals surface area contributed by atoms with E-state index in [1.54, 1.807) is 21.9 Å². The predicted octanol–water partition coefficient (Wildman–Crippen LogP) is 2.79. The lowest BCUT2D eigenvalue weighted by Crippen LogP contribution is -2.41. The molecule has 7 heteroatoms. The zero-order chi connectivity index (χ0) is 21.8. The third kappa shape index (κ3) is 4.66. The molecule has 1 fully saturated rings. The van der Waals surface area contributed by atoms with Crippen molar-refractivity contribution in [3.05, 3.63) is 87.6 Å². The summed E-state index contributed by atoms with van der Waals surface area (Å²) < 4.78 is 1.64. The molecule has 0 unspecified atom stereocenters. The number of nitrogens with two attached hydrogens (primary N) is 1. The van der Waals surface area contributed by atoms with Gasteiger partial charge in [0.2, 0.25) is 5.95 Å². The van der Waals surface area contributed by atoms with Gasteiger partial charge in [0.15, 0.2) is 0 Å². The number of carbonyl (C=O) groups is 1. The van der Waals surface area contributed by atoms with E-state index in [9.17, 15) is 9.59 Å². The number of rotatable bonds is 5. The molecule has 0 bridgehead atoms. The fourth-order valence-corrected chi connectivity index (χ4v) is 4.15. The maximum Gasteiger partial charge on any atom is 0.263 e. The van der Waals surface area contributed by atoms with Crippen LogP contribution < -0.4 is 11.3 Å². The summed E-state index contributed by atoms with van der Waals surface area (Å²) in [6, 6.07) is 13.8. The summed E-state index contributed by atoms with van der Waals surface area (Å²) in [6.45, 7) is 3.55. The van der Waals surface area contributed by atoms with Crippen LogP contribution in [0.4, 0.5) is 5.95 Å². The van der Waals surface area contributed by atoms with Crippen LogP contribution in [-0.4, -0.2) is 38.4 Å². The van der Waals surface area contributed by atoms with Gasteiger partial charge in [-0.1, -0.05) is 30.3 Å². The first-order valence-electron chi connectivity index (χ1n) is 10.6. The van der Waals surface area contributed by atoms with Gasteiger partial charge in [-0.15, -0.1) is 0 Å². The van der Waals surface area contributed by atoms with Crippen molar-refractivity contribution >= 4 is 11.9 Å². The highest BCUT2D eigenvalue weighted by Gasteiger charge is 2.28. The number of hydrogen-bond acceptors (Lipinski definition) is 5. The number of aromatic nitrogens is 3. The fraction of sp³-hybridized carbons (Fsp3) is 0.333. The number of pyridine rings is 1. The van der Waals surface area contributed by atoms with Gasteiger partial charge in [0.1, 0.15) is 5.56 Å². The highest BCUT2D eigenvalue weighted by Crippen LogP contribution is 2.27. The lowest BCUT2D eigenvalue weighted by molar-refractivity contribution is 0.0708. The Kier molecular flexibility index (Phi) is 6.11. The van der Waals surface area contributed by atoms with Crippen LogP contribution in [0.5, 0.6) is 0 Å². The van der Waals surface area contributed by atoms with Crippen LogP contribution in [0, 0.1) is 6.92 Å². The Labute approximate surface area is 181 Å². The molecule has 2 N–H and O–H groups in total. The van der Waals surface area contributed by atoms with Gasteiger partial charge in [-0.2, -0.15) is 0 Å². The Hall–Kier alpha value is -3.48. The fourth-order valence-electron chi connectivity index (χ4n) is 4.15. The third-order valence-corrected chi connectivity index (χ3v) is 5.97. The monoisotopic (exact) mass is 417 g/mol. The summed E-state index contributed by atoms with van der Waals surface area (Å²) in [4.78, 5) is 36.4. The van der Waals surface area contributed by atoms with Crippen LogP contribution >= 0.6 is 0 Å². The standard InChI is InChI=1S/C24H27N5O2/c1-17-8-13-28(14-9-18-5-3-2-4-6-18)22(30)21(17)23(31)29-15-10-19(11-16-29)20-7-12-26-24(25)27-20/h2-8,12-13,19H,9-11,14-16H2,1H3,(H2,25,26,27). The average Bonchev–Trinajstić information content (AvgIpc) is 2.79. The molecule has 1 aliphatic heterocycles. The molecule has 1 saturated heterocycles. The molecule has 0 spiro atoms. The minimum absolute atomic E-state index is 0.183. The van der Waals surface area contributed by atoms with Crippen molar-refractivity contribution < 1.29 is 4.79 Å². The van der Waals surface area contributed by atoms with Gasteiger partial charge in [-0.25, -0.2) is 9.97 Å². The Bertz CT molecular complexity index is 1120. The number of benzene rings is 1. The Morgan fingerprint density at radius 1 is 1.13 bits per heavy atom. The highest BCUT2D eigenvalue weighted by molar-refractivity contribution is 5.95. The van der Waals surface area contributed by atoms with E-state index in [0.717, 1.165) is 36.1 Å². The highest BCUT2D eigenvalue weighted by atomic mass is 16.2. The van der Waals surface area contributed by atoms with Crippen molar-refractivity contribution in [1.29, 1.82) is 0 Å². The van der Waals surface area contributed by atoms with Gasteiger partial charge in [0.25, 0.3) is 11.5 Å². The Morgan fingerprint density at radius 3 is 2.58 bits per heavy atom. The Morgan fingerprint density at radius 2 is 1.87 bits per heavy atom. The van der Waals surface area contributed by atoms with Crippen molar-refractivity contribution in [3.63, 3.8) is 0 Å².